The van der Waals surface area contributed by atoms with Crippen molar-refractivity contribution in [1.29, 1.82) is 0 Å². The number of carbonyl (C=O) groups excluding carboxylic acids is 2. The summed E-state index contributed by atoms with van der Waals surface area (Å²) in [6.45, 7) is 4.79. The van der Waals surface area contributed by atoms with E-state index >= 15 is 0 Å². The molecule has 2 unspecified atom stereocenters. The highest BCUT2D eigenvalue weighted by Gasteiger charge is 2.27. The van der Waals surface area contributed by atoms with Crippen molar-refractivity contribution in [2.24, 2.45) is 0 Å². The quantitative estimate of drug-likeness (QED) is 0.786. The fourth-order valence-electron chi connectivity index (χ4n) is 2.32. The van der Waals surface area contributed by atoms with Crippen molar-refractivity contribution >= 4 is 11.8 Å². The minimum atomic E-state index is -0.311. The van der Waals surface area contributed by atoms with Crippen LogP contribution in [0.4, 0.5) is 0 Å². The molecule has 0 radical (unpaired) electrons. The first kappa shape index (κ1) is 15.5. The summed E-state index contributed by atoms with van der Waals surface area (Å²) in [6.07, 6.45) is 1.92. The van der Waals surface area contributed by atoms with E-state index in [2.05, 4.69) is 17.6 Å². The van der Waals surface area contributed by atoms with Crippen LogP contribution in [0.15, 0.2) is 24.3 Å². The number of piperidine rings is 1. The molecule has 5 heteroatoms. The molecule has 0 saturated carbocycles. The number of ether oxygens (including phenoxy) is 1. The van der Waals surface area contributed by atoms with Gasteiger partial charge in [0.1, 0.15) is 5.75 Å². The van der Waals surface area contributed by atoms with Gasteiger partial charge in [0.15, 0.2) is 0 Å². The van der Waals surface area contributed by atoms with E-state index in [0.29, 0.717) is 19.4 Å². The molecule has 0 bridgehead atoms. The van der Waals surface area contributed by atoms with Crippen molar-refractivity contribution in [1.82, 2.24) is 10.6 Å². The van der Waals surface area contributed by atoms with Crippen LogP contribution in [-0.4, -0.2) is 24.5 Å². The van der Waals surface area contributed by atoms with Crippen LogP contribution in [0.1, 0.15) is 44.7 Å². The van der Waals surface area contributed by atoms with Crippen molar-refractivity contribution < 1.29 is 14.3 Å². The molecular formula is C16H22N2O3. The molecule has 1 heterocycles. The molecular weight excluding hydrogens is 268 g/mol. The number of imide groups is 1. The zero-order valence-corrected chi connectivity index (χ0v) is 12.5. The van der Waals surface area contributed by atoms with Crippen LogP contribution in [-0.2, 0) is 9.59 Å². The lowest BCUT2D eigenvalue weighted by molar-refractivity contribution is -0.134. The molecule has 1 fully saturated rings. The van der Waals surface area contributed by atoms with Crippen LogP contribution in [0.2, 0.25) is 0 Å². The fraction of sp³-hybridized carbons (Fsp3) is 0.500. The summed E-state index contributed by atoms with van der Waals surface area (Å²) in [5.74, 6) is 0.429. The minimum absolute atomic E-state index is 0.0363. The smallest absolute Gasteiger partial charge is 0.243 e. The summed E-state index contributed by atoms with van der Waals surface area (Å²) in [4.78, 5) is 22.9. The molecule has 2 amide bonds. The van der Waals surface area contributed by atoms with E-state index in [-0.39, 0.29) is 23.9 Å². The highest BCUT2D eigenvalue weighted by atomic mass is 16.5. The van der Waals surface area contributed by atoms with Crippen LogP contribution in [0, 0.1) is 0 Å². The average Bonchev–Trinajstić information content (AvgIpc) is 2.48. The maximum absolute atomic E-state index is 11.7. The number of amides is 2. The predicted molar refractivity (Wildman–Crippen MR) is 80.0 cm³/mol. The van der Waals surface area contributed by atoms with Gasteiger partial charge >= 0.3 is 0 Å². The second-order valence-electron chi connectivity index (χ2n) is 5.31. The van der Waals surface area contributed by atoms with Crippen molar-refractivity contribution in [2.45, 2.75) is 45.2 Å². The first-order chi connectivity index (χ1) is 10.1. The van der Waals surface area contributed by atoms with Crippen molar-refractivity contribution in [2.75, 3.05) is 6.61 Å². The molecule has 1 aliphatic heterocycles. The topological polar surface area (TPSA) is 67.4 Å². The number of carbonyl (C=O) groups is 2. The SMILES string of the molecule is CCCOc1ccc(C(C)NC2CCC(=O)NC2=O)cc1. The molecule has 1 aliphatic rings. The number of rotatable bonds is 6. The highest BCUT2D eigenvalue weighted by Crippen LogP contribution is 2.19. The predicted octanol–water partition coefficient (Wildman–Crippen LogP) is 1.93. The molecule has 1 saturated heterocycles. The lowest BCUT2D eigenvalue weighted by Gasteiger charge is -2.25. The second kappa shape index (κ2) is 7.22. The Hall–Kier alpha value is -1.88. The minimum Gasteiger partial charge on any atom is -0.494 e. The molecule has 0 aromatic heterocycles. The Balaban J connectivity index is 1.92. The van der Waals surface area contributed by atoms with Gasteiger partial charge in [-0.15, -0.1) is 0 Å². The zero-order valence-electron chi connectivity index (χ0n) is 12.5. The summed E-state index contributed by atoms with van der Waals surface area (Å²) in [5.41, 5.74) is 1.09. The maximum atomic E-state index is 11.7. The third-order valence-corrected chi connectivity index (χ3v) is 3.54. The Kier molecular flexibility index (Phi) is 5.33. The lowest BCUT2D eigenvalue weighted by Crippen LogP contribution is -2.51. The monoisotopic (exact) mass is 290 g/mol. The first-order valence-corrected chi connectivity index (χ1v) is 7.42. The molecule has 1 aromatic rings. The van der Waals surface area contributed by atoms with Crippen LogP contribution < -0.4 is 15.4 Å². The summed E-state index contributed by atoms with van der Waals surface area (Å²) in [5, 5.41) is 5.62. The van der Waals surface area contributed by atoms with E-state index in [1.54, 1.807) is 0 Å². The molecule has 0 aliphatic carbocycles. The van der Waals surface area contributed by atoms with E-state index in [9.17, 15) is 9.59 Å². The second-order valence-corrected chi connectivity index (χ2v) is 5.31. The van der Waals surface area contributed by atoms with Gasteiger partial charge in [-0.2, -0.15) is 0 Å². The molecule has 21 heavy (non-hydrogen) atoms. The van der Waals surface area contributed by atoms with Gasteiger partial charge < -0.3 is 4.74 Å². The van der Waals surface area contributed by atoms with Gasteiger partial charge in [-0.05, 0) is 37.5 Å². The number of nitrogens with one attached hydrogen (secondary N) is 2. The molecule has 1 aromatic carbocycles. The van der Waals surface area contributed by atoms with Crippen molar-refractivity contribution in [3.63, 3.8) is 0 Å². The Morgan fingerprint density at radius 3 is 2.67 bits per heavy atom. The number of hydrogen-bond donors (Lipinski definition) is 2. The van der Waals surface area contributed by atoms with Crippen LogP contribution in [0.3, 0.4) is 0 Å². The third kappa shape index (κ3) is 4.29. The Morgan fingerprint density at radius 1 is 1.33 bits per heavy atom. The molecule has 0 spiro atoms. The van der Waals surface area contributed by atoms with Gasteiger partial charge in [0.05, 0.1) is 12.6 Å². The standard InChI is InChI=1S/C16H22N2O3/c1-3-10-21-13-6-4-12(5-7-13)11(2)17-14-8-9-15(19)18-16(14)20/h4-7,11,14,17H,3,8-10H2,1-2H3,(H,18,19,20). The Labute approximate surface area is 125 Å². The van der Waals surface area contributed by atoms with Gasteiger partial charge in [0.2, 0.25) is 11.8 Å². The third-order valence-electron chi connectivity index (χ3n) is 3.54. The summed E-state index contributed by atoms with van der Waals surface area (Å²) >= 11 is 0. The molecule has 2 N–H and O–H groups in total. The van der Waals surface area contributed by atoms with E-state index in [1.165, 1.54) is 0 Å². The Bertz CT molecular complexity index is 499. The summed E-state index contributed by atoms with van der Waals surface area (Å²) in [6, 6.07) is 7.59. The average molecular weight is 290 g/mol. The number of hydrogen-bond acceptors (Lipinski definition) is 4. The van der Waals surface area contributed by atoms with Gasteiger partial charge in [0.25, 0.3) is 0 Å². The van der Waals surface area contributed by atoms with E-state index in [1.807, 2.05) is 31.2 Å². The molecule has 2 atom stereocenters. The van der Waals surface area contributed by atoms with Crippen molar-refractivity contribution in [3.8, 4) is 5.75 Å². The highest BCUT2D eigenvalue weighted by molar-refractivity contribution is 6.00. The first-order valence-electron chi connectivity index (χ1n) is 7.42. The maximum Gasteiger partial charge on any atom is 0.243 e. The molecule has 114 valence electrons. The van der Waals surface area contributed by atoms with Crippen molar-refractivity contribution in [3.05, 3.63) is 29.8 Å². The lowest BCUT2D eigenvalue weighted by atomic mass is 10.0. The van der Waals surface area contributed by atoms with Crippen LogP contribution in [0.5, 0.6) is 5.75 Å². The molecule has 2 rings (SSSR count). The number of benzene rings is 1. The van der Waals surface area contributed by atoms with Gasteiger partial charge in [0, 0.05) is 12.5 Å². The fourth-order valence-corrected chi connectivity index (χ4v) is 2.32. The van der Waals surface area contributed by atoms with E-state index in [0.717, 1.165) is 17.7 Å². The summed E-state index contributed by atoms with van der Waals surface area (Å²) in [7, 11) is 0. The molecule has 5 nitrogen and oxygen atoms in total. The van der Waals surface area contributed by atoms with Gasteiger partial charge in [-0.1, -0.05) is 19.1 Å². The van der Waals surface area contributed by atoms with Gasteiger partial charge in [-0.25, -0.2) is 0 Å². The Morgan fingerprint density at radius 2 is 2.05 bits per heavy atom. The normalized spacial score (nSPS) is 20.0. The van der Waals surface area contributed by atoms with E-state index in [4.69, 9.17) is 4.74 Å². The van der Waals surface area contributed by atoms with Crippen LogP contribution >= 0.6 is 0 Å². The largest absolute Gasteiger partial charge is 0.494 e. The summed E-state index contributed by atoms with van der Waals surface area (Å²) < 4.78 is 5.55. The zero-order chi connectivity index (χ0) is 15.2. The van der Waals surface area contributed by atoms with E-state index < -0.39 is 0 Å². The van der Waals surface area contributed by atoms with Gasteiger partial charge in [-0.3, -0.25) is 20.2 Å². The van der Waals surface area contributed by atoms with Crippen LogP contribution in [0.25, 0.3) is 0 Å².